The fourth-order valence-corrected chi connectivity index (χ4v) is 2.61. The molecule has 0 bridgehead atoms. The van der Waals surface area contributed by atoms with Gasteiger partial charge in [0.2, 0.25) is 0 Å². The molecule has 2 aromatic rings. The third-order valence-electron chi connectivity index (χ3n) is 3.34. The van der Waals surface area contributed by atoms with Crippen molar-refractivity contribution in [3.63, 3.8) is 0 Å². The van der Waals surface area contributed by atoms with Gasteiger partial charge in [0.15, 0.2) is 11.5 Å². The summed E-state index contributed by atoms with van der Waals surface area (Å²) in [5.41, 5.74) is 2.06. The van der Waals surface area contributed by atoms with Gasteiger partial charge >= 0.3 is 0 Å². The SMILES string of the molecule is COc1ccc(CC(Cl)c2ccccc2OC)cc1OC. The lowest BCUT2D eigenvalue weighted by atomic mass is 10.0. The van der Waals surface area contributed by atoms with E-state index >= 15 is 0 Å². The van der Waals surface area contributed by atoms with E-state index in [9.17, 15) is 0 Å². The maximum atomic E-state index is 6.54. The number of hydrogen-bond donors (Lipinski definition) is 0. The maximum absolute atomic E-state index is 6.54. The summed E-state index contributed by atoms with van der Waals surface area (Å²) in [5.74, 6) is 2.22. The highest BCUT2D eigenvalue weighted by Gasteiger charge is 2.15. The van der Waals surface area contributed by atoms with Gasteiger partial charge in [-0.15, -0.1) is 11.6 Å². The van der Waals surface area contributed by atoms with Crippen molar-refractivity contribution in [3.8, 4) is 17.2 Å². The second-order valence-electron chi connectivity index (χ2n) is 4.60. The second-order valence-corrected chi connectivity index (χ2v) is 5.13. The van der Waals surface area contributed by atoms with Crippen molar-refractivity contribution in [2.45, 2.75) is 11.8 Å². The zero-order valence-electron chi connectivity index (χ0n) is 12.4. The molecule has 0 aliphatic carbocycles. The first-order chi connectivity index (χ1) is 10.2. The van der Waals surface area contributed by atoms with Crippen LogP contribution < -0.4 is 14.2 Å². The maximum Gasteiger partial charge on any atom is 0.160 e. The lowest BCUT2D eigenvalue weighted by molar-refractivity contribution is 0.354. The van der Waals surface area contributed by atoms with Crippen LogP contribution in [0.25, 0.3) is 0 Å². The molecule has 1 unspecified atom stereocenters. The Morgan fingerprint density at radius 2 is 1.52 bits per heavy atom. The highest BCUT2D eigenvalue weighted by atomic mass is 35.5. The highest BCUT2D eigenvalue weighted by molar-refractivity contribution is 6.21. The van der Waals surface area contributed by atoms with E-state index in [1.807, 2.05) is 42.5 Å². The summed E-state index contributed by atoms with van der Waals surface area (Å²) < 4.78 is 15.9. The zero-order chi connectivity index (χ0) is 15.2. The first-order valence-corrected chi connectivity index (χ1v) is 7.11. The molecule has 112 valence electrons. The fraction of sp³-hybridized carbons (Fsp3) is 0.294. The number of para-hydroxylation sites is 1. The average molecular weight is 307 g/mol. The van der Waals surface area contributed by atoms with Gasteiger partial charge in [-0.1, -0.05) is 24.3 Å². The molecule has 0 N–H and O–H groups in total. The third kappa shape index (κ3) is 3.61. The van der Waals surface area contributed by atoms with Gasteiger partial charge in [0.25, 0.3) is 0 Å². The van der Waals surface area contributed by atoms with Gasteiger partial charge < -0.3 is 14.2 Å². The minimum atomic E-state index is -0.167. The molecule has 0 saturated carbocycles. The molecule has 0 aliphatic rings. The van der Waals surface area contributed by atoms with Crippen molar-refractivity contribution in [2.24, 2.45) is 0 Å². The smallest absolute Gasteiger partial charge is 0.160 e. The van der Waals surface area contributed by atoms with Crippen molar-refractivity contribution >= 4 is 11.6 Å². The van der Waals surface area contributed by atoms with Gasteiger partial charge in [-0.2, -0.15) is 0 Å². The first kappa shape index (κ1) is 15.5. The number of halogens is 1. The summed E-state index contributed by atoms with van der Waals surface area (Å²) in [5, 5.41) is -0.167. The summed E-state index contributed by atoms with van der Waals surface area (Å²) in [4.78, 5) is 0. The standard InChI is InChI=1S/C17H19ClO3/c1-19-15-7-5-4-6-13(15)14(18)10-12-8-9-16(20-2)17(11-12)21-3/h4-9,11,14H,10H2,1-3H3. The van der Waals surface area contributed by atoms with Gasteiger partial charge in [0, 0.05) is 5.56 Å². The molecule has 0 amide bonds. The third-order valence-corrected chi connectivity index (χ3v) is 3.73. The molecule has 0 aromatic heterocycles. The van der Waals surface area contributed by atoms with E-state index in [1.165, 1.54) is 0 Å². The minimum Gasteiger partial charge on any atom is -0.496 e. The van der Waals surface area contributed by atoms with Crippen LogP contribution in [0.3, 0.4) is 0 Å². The van der Waals surface area contributed by atoms with Crippen LogP contribution >= 0.6 is 11.6 Å². The molecule has 2 aromatic carbocycles. The Bertz CT molecular complexity index is 598. The van der Waals surface area contributed by atoms with Crippen LogP contribution in [0.5, 0.6) is 17.2 Å². The van der Waals surface area contributed by atoms with Crippen LogP contribution in [0.2, 0.25) is 0 Å². The monoisotopic (exact) mass is 306 g/mol. The predicted octanol–water partition coefficient (Wildman–Crippen LogP) is 4.24. The Morgan fingerprint density at radius 1 is 0.857 bits per heavy atom. The fourth-order valence-electron chi connectivity index (χ4n) is 2.25. The zero-order valence-corrected chi connectivity index (χ0v) is 13.2. The molecule has 0 saturated heterocycles. The average Bonchev–Trinajstić information content (AvgIpc) is 2.54. The van der Waals surface area contributed by atoms with Crippen molar-refractivity contribution in [2.75, 3.05) is 21.3 Å². The predicted molar refractivity (Wildman–Crippen MR) is 84.8 cm³/mol. The van der Waals surface area contributed by atoms with Crippen molar-refractivity contribution < 1.29 is 14.2 Å². The molecule has 4 heteroatoms. The van der Waals surface area contributed by atoms with Crippen LogP contribution in [0.4, 0.5) is 0 Å². The Kier molecular flexibility index (Phi) is 5.34. The molecule has 0 spiro atoms. The van der Waals surface area contributed by atoms with E-state index in [0.29, 0.717) is 17.9 Å². The Labute approximate surface area is 130 Å². The van der Waals surface area contributed by atoms with E-state index in [-0.39, 0.29) is 5.38 Å². The number of alkyl halides is 1. The number of benzene rings is 2. The Balaban J connectivity index is 2.21. The quantitative estimate of drug-likeness (QED) is 0.747. The Hall–Kier alpha value is -1.87. The van der Waals surface area contributed by atoms with Gasteiger partial charge in [0.1, 0.15) is 5.75 Å². The van der Waals surface area contributed by atoms with Crippen LogP contribution in [-0.2, 0) is 6.42 Å². The van der Waals surface area contributed by atoms with E-state index in [4.69, 9.17) is 25.8 Å². The minimum absolute atomic E-state index is 0.167. The highest BCUT2D eigenvalue weighted by Crippen LogP contribution is 2.34. The number of hydrogen-bond acceptors (Lipinski definition) is 3. The van der Waals surface area contributed by atoms with Crippen LogP contribution in [-0.4, -0.2) is 21.3 Å². The molecule has 0 aliphatic heterocycles. The van der Waals surface area contributed by atoms with Crippen molar-refractivity contribution in [1.82, 2.24) is 0 Å². The van der Waals surface area contributed by atoms with Crippen LogP contribution in [0.1, 0.15) is 16.5 Å². The van der Waals surface area contributed by atoms with Gasteiger partial charge in [-0.05, 0) is 30.2 Å². The van der Waals surface area contributed by atoms with Crippen LogP contribution in [0, 0.1) is 0 Å². The van der Waals surface area contributed by atoms with Crippen molar-refractivity contribution in [1.29, 1.82) is 0 Å². The van der Waals surface area contributed by atoms with Crippen molar-refractivity contribution in [3.05, 3.63) is 53.6 Å². The normalized spacial score (nSPS) is 11.8. The van der Waals surface area contributed by atoms with Gasteiger partial charge in [-0.3, -0.25) is 0 Å². The van der Waals surface area contributed by atoms with Crippen LogP contribution in [0.15, 0.2) is 42.5 Å². The van der Waals surface area contributed by atoms with E-state index in [1.54, 1.807) is 21.3 Å². The first-order valence-electron chi connectivity index (χ1n) is 6.67. The van der Waals surface area contributed by atoms with E-state index in [2.05, 4.69) is 0 Å². The molecule has 2 rings (SSSR count). The number of rotatable bonds is 6. The van der Waals surface area contributed by atoms with E-state index in [0.717, 1.165) is 16.9 Å². The molecular weight excluding hydrogens is 288 g/mol. The number of methoxy groups -OCH3 is 3. The molecular formula is C17H19ClO3. The molecule has 21 heavy (non-hydrogen) atoms. The summed E-state index contributed by atoms with van der Waals surface area (Å²) in [6.45, 7) is 0. The topological polar surface area (TPSA) is 27.7 Å². The van der Waals surface area contributed by atoms with Gasteiger partial charge in [0.05, 0.1) is 26.7 Å². The molecule has 0 radical (unpaired) electrons. The lowest BCUT2D eigenvalue weighted by Crippen LogP contribution is -2.00. The molecule has 0 heterocycles. The summed E-state index contributed by atoms with van der Waals surface area (Å²) in [6.07, 6.45) is 0.683. The summed E-state index contributed by atoms with van der Waals surface area (Å²) in [7, 11) is 4.90. The number of ether oxygens (including phenoxy) is 3. The summed E-state index contributed by atoms with van der Waals surface area (Å²) in [6, 6.07) is 13.6. The molecule has 3 nitrogen and oxygen atoms in total. The Morgan fingerprint density at radius 3 is 2.19 bits per heavy atom. The lowest BCUT2D eigenvalue weighted by Gasteiger charge is -2.15. The molecule has 1 atom stereocenters. The summed E-state index contributed by atoms with van der Waals surface area (Å²) >= 11 is 6.54. The van der Waals surface area contributed by atoms with E-state index < -0.39 is 0 Å². The molecule has 0 fully saturated rings. The van der Waals surface area contributed by atoms with Gasteiger partial charge in [-0.25, -0.2) is 0 Å². The second kappa shape index (κ2) is 7.23. The largest absolute Gasteiger partial charge is 0.496 e.